The Balaban J connectivity index is 1.46. The van der Waals surface area contributed by atoms with Crippen molar-refractivity contribution in [1.82, 2.24) is 9.80 Å². The van der Waals surface area contributed by atoms with Crippen molar-refractivity contribution in [2.45, 2.75) is 25.7 Å². The molecule has 2 aliphatic heterocycles. The van der Waals surface area contributed by atoms with Gasteiger partial charge in [0, 0.05) is 44.1 Å². The number of piperidine rings is 2. The van der Waals surface area contributed by atoms with Crippen LogP contribution in [-0.2, 0) is 9.59 Å². The van der Waals surface area contributed by atoms with Gasteiger partial charge in [-0.25, -0.2) is 0 Å². The molecule has 0 radical (unpaired) electrons. The van der Waals surface area contributed by atoms with Crippen molar-refractivity contribution in [3.05, 3.63) is 42.0 Å². The van der Waals surface area contributed by atoms with Crippen LogP contribution in [0.15, 0.2) is 36.4 Å². The fourth-order valence-electron chi connectivity index (χ4n) is 3.67. The van der Waals surface area contributed by atoms with Crippen LogP contribution in [0, 0.1) is 23.2 Å². The van der Waals surface area contributed by atoms with E-state index >= 15 is 0 Å². The van der Waals surface area contributed by atoms with Gasteiger partial charge in [-0.3, -0.25) is 9.59 Å². The summed E-state index contributed by atoms with van der Waals surface area (Å²) < 4.78 is 0. The Morgan fingerprint density at radius 2 is 1.58 bits per heavy atom. The Bertz CT molecular complexity index is 692. The van der Waals surface area contributed by atoms with Crippen molar-refractivity contribution < 1.29 is 9.59 Å². The second kappa shape index (κ2) is 8.66. The van der Waals surface area contributed by atoms with E-state index in [2.05, 4.69) is 6.07 Å². The molecule has 0 unspecified atom stereocenters. The third-order valence-corrected chi connectivity index (χ3v) is 5.36. The molecule has 0 spiro atoms. The summed E-state index contributed by atoms with van der Waals surface area (Å²) in [5.74, 6) is 0.314. The van der Waals surface area contributed by atoms with Crippen LogP contribution in [0.25, 0.3) is 6.08 Å². The smallest absolute Gasteiger partial charge is 0.246 e. The monoisotopic (exact) mass is 351 g/mol. The third-order valence-electron chi connectivity index (χ3n) is 5.36. The summed E-state index contributed by atoms with van der Waals surface area (Å²) >= 11 is 0. The van der Waals surface area contributed by atoms with E-state index in [0.29, 0.717) is 26.2 Å². The van der Waals surface area contributed by atoms with Gasteiger partial charge in [0.25, 0.3) is 0 Å². The van der Waals surface area contributed by atoms with Crippen LogP contribution in [0.1, 0.15) is 31.2 Å². The van der Waals surface area contributed by atoms with E-state index in [1.54, 1.807) is 6.08 Å². The first-order chi connectivity index (χ1) is 12.7. The Kier molecular flexibility index (Phi) is 6.06. The number of rotatable bonds is 3. The Hall–Kier alpha value is -2.61. The zero-order valence-electron chi connectivity index (χ0n) is 15.0. The topological polar surface area (TPSA) is 64.4 Å². The minimum absolute atomic E-state index is 0.00888. The van der Waals surface area contributed by atoms with E-state index in [1.165, 1.54) is 0 Å². The standard InChI is InChI=1S/C21H25N3O2/c22-16-18-8-12-24(13-9-18)21(26)19-10-14-23(15-11-19)20(25)7-6-17-4-2-1-3-5-17/h1-7,18-19H,8-15H2/b7-6+. The molecule has 2 heterocycles. The summed E-state index contributed by atoms with van der Waals surface area (Å²) in [5.41, 5.74) is 1.01. The van der Waals surface area contributed by atoms with Gasteiger partial charge in [0.15, 0.2) is 0 Å². The van der Waals surface area contributed by atoms with E-state index < -0.39 is 0 Å². The van der Waals surface area contributed by atoms with Gasteiger partial charge in [0.1, 0.15) is 0 Å². The maximum atomic E-state index is 12.7. The molecule has 2 fully saturated rings. The lowest BCUT2D eigenvalue weighted by Crippen LogP contribution is -2.46. The molecule has 1 aromatic carbocycles. The molecule has 2 aliphatic rings. The predicted molar refractivity (Wildman–Crippen MR) is 99.7 cm³/mol. The summed E-state index contributed by atoms with van der Waals surface area (Å²) in [7, 11) is 0. The van der Waals surface area contributed by atoms with Gasteiger partial charge in [-0.15, -0.1) is 0 Å². The summed E-state index contributed by atoms with van der Waals surface area (Å²) in [5, 5.41) is 8.97. The first kappa shape index (κ1) is 18.2. The fraction of sp³-hybridized carbons (Fsp3) is 0.476. The number of hydrogen-bond acceptors (Lipinski definition) is 3. The molecular formula is C21H25N3O2. The first-order valence-corrected chi connectivity index (χ1v) is 9.38. The van der Waals surface area contributed by atoms with Gasteiger partial charge in [0.2, 0.25) is 11.8 Å². The summed E-state index contributed by atoms with van der Waals surface area (Å²) in [6.07, 6.45) is 6.46. The zero-order chi connectivity index (χ0) is 18.4. The molecule has 2 saturated heterocycles. The molecule has 26 heavy (non-hydrogen) atoms. The highest BCUT2D eigenvalue weighted by molar-refractivity contribution is 5.92. The van der Waals surface area contributed by atoms with Crippen LogP contribution >= 0.6 is 0 Å². The molecule has 3 rings (SSSR count). The number of hydrogen-bond donors (Lipinski definition) is 0. The summed E-state index contributed by atoms with van der Waals surface area (Å²) in [4.78, 5) is 28.7. The lowest BCUT2D eigenvalue weighted by molar-refractivity contribution is -0.140. The molecule has 2 amide bonds. The largest absolute Gasteiger partial charge is 0.342 e. The van der Waals surface area contributed by atoms with E-state index in [1.807, 2.05) is 46.2 Å². The van der Waals surface area contributed by atoms with E-state index in [-0.39, 0.29) is 23.7 Å². The Morgan fingerprint density at radius 3 is 2.19 bits per heavy atom. The normalized spacial score (nSPS) is 19.5. The maximum Gasteiger partial charge on any atom is 0.246 e. The number of carbonyl (C=O) groups excluding carboxylic acids is 2. The maximum absolute atomic E-state index is 12.7. The van der Waals surface area contributed by atoms with Crippen LogP contribution in [0.3, 0.4) is 0 Å². The molecule has 0 N–H and O–H groups in total. The fourth-order valence-corrected chi connectivity index (χ4v) is 3.67. The van der Waals surface area contributed by atoms with Gasteiger partial charge < -0.3 is 9.80 Å². The minimum atomic E-state index is 0.00888. The highest BCUT2D eigenvalue weighted by Gasteiger charge is 2.31. The van der Waals surface area contributed by atoms with Gasteiger partial charge in [-0.1, -0.05) is 30.3 Å². The second-order valence-corrected chi connectivity index (χ2v) is 7.07. The SMILES string of the molecule is N#CC1CCN(C(=O)C2CCN(C(=O)/C=C/c3ccccc3)CC2)CC1. The number of benzene rings is 1. The highest BCUT2D eigenvalue weighted by atomic mass is 16.2. The zero-order valence-corrected chi connectivity index (χ0v) is 15.0. The molecule has 136 valence electrons. The quantitative estimate of drug-likeness (QED) is 0.787. The van der Waals surface area contributed by atoms with Crippen LogP contribution in [-0.4, -0.2) is 47.8 Å². The average molecular weight is 351 g/mol. The number of nitrogens with zero attached hydrogens (tertiary/aromatic N) is 3. The molecule has 5 nitrogen and oxygen atoms in total. The van der Waals surface area contributed by atoms with Crippen molar-refractivity contribution in [3.63, 3.8) is 0 Å². The first-order valence-electron chi connectivity index (χ1n) is 9.38. The number of carbonyl (C=O) groups is 2. The highest BCUT2D eigenvalue weighted by Crippen LogP contribution is 2.23. The molecule has 0 bridgehead atoms. The van der Waals surface area contributed by atoms with Crippen molar-refractivity contribution >= 4 is 17.9 Å². The Labute approximate surface area is 154 Å². The molecular weight excluding hydrogens is 326 g/mol. The van der Waals surface area contributed by atoms with Gasteiger partial charge in [-0.05, 0) is 37.3 Å². The summed E-state index contributed by atoms with van der Waals surface area (Å²) in [6, 6.07) is 12.1. The molecule has 1 aromatic rings. The van der Waals surface area contributed by atoms with Crippen molar-refractivity contribution in [2.75, 3.05) is 26.2 Å². The van der Waals surface area contributed by atoms with Crippen molar-refractivity contribution in [1.29, 1.82) is 5.26 Å². The molecule has 5 heteroatoms. The lowest BCUT2D eigenvalue weighted by atomic mass is 9.92. The number of likely N-dealkylation sites (tertiary alicyclic amines) is 2. The van der Waals surface area contributed by atoms with Gasteiger partial charge in [-0.2, -0.15) is 5.26 Å². The van der Waals surface area contributed by atoms with Crippen LogP contribution in [0.4, 0.5) is 0 Å². The number of nitriles is 1. The molecule has 0 aliphatic carbocycles. The lowest BCUT2D eigenvalue weighted by Gasteiger charge is -2.36. The van der Waals surface area contributed by atoms with E-state index in [9.17, 15) is 9.59 Å². The molecule has 0 saturated carbocycles. The van der Waals surface area contributed by atoms with E-state index in [0.717, 1.165) is 31.2 Å². The average Bonchev–Trinajstić information content (AvgIpc) is 2.72. The second-order valence-electron chi connectivity index (χ2n) is 7.07. The van der Waals surface area contributed by atoms with Crippen LogP contribution < -0.4 is 0 Å². The minimum Gasteiger partial charge on any atom is -0.342 e. The van der Waals surface area contributed by atoms with Crippen LogP contribution in [0.2, 0.25) is 0 Å². The van der Waals surface area contributed by atoms with Crippen LogP contribution in [0.5, 0.6) is 0 Å². The molecule has 0 aromatic heterocycles. The predicted octanol–water partition coefficient (Wildman–Crippen LogP) is 2.70. The third kappa shape index (κ3) is 4.51. The summed E-state index contributed by atoms with van der Waals surface area (Å²) in [6.45, 7) is 2.64. The van der Waals surface area contributed by atoms with Crippen molar-refractivity contribution in [3.8, 4) is 6.07 Å². The van der Waals surface area contributed by atoms with Gasteiger partial charge in [0.05, 0.1) is 6.07 Å². The van der Waals surface area contributed by atoms with Crippen molar-refractivity contribution in [2.24, 2.45) is 11.8 Å². The number of amides is 2. The van der Waals surface area contributed by atoms with E-state index in [4.69, 9.17) is 5.26 Å². The Morgan fingerprint density at radius 1 is 0.962 bits per heavy atom. The molecule has 0 atom stereocenters. The van der Waals surface area contributed by atoms with Gasteiger partial charge >= 0.3 is 0 Å².